The van der Waals surface area contributed by atoms with Gasteiger partial charge in [0.2, 0.25) is 11.8 Å². The Balaban J connectivity index is 1.48. The van der Waals surface area contributed by atoms with Crippen molar-refractivity contribution in [1.29, 1.82) is 0 Å². The summed E-state index contributed by atoms with van der Waals surface area (Å²) in [4.78, 5) is 31.3. The number of para-hydroxylation sites is 1. The minimum Gasteiger partial charge on any atom is -0.457 e. The molecule has 2 aliphatic heterocycles. The van der Waals surface area contributed by atoms with Gasteiger partial charge in [0, 0.05) is 38.3 Å². The molecule has 0 aromatic heterocycles. The molecule has 1 unspecified atom stereocenters. The molecule has 1 atom stereocenters. The zero-order chi connectivity index (χ0) is 19.5. The van der Waals surface area contributed by atoms with Crippen LogP contribution in [0, 0.1) is 0 Å². The van der Waals surface area contributed by atoms with Gasteiger partial charge in [-0.15, -0.1) is 0 Å². The number of nitrogens with zero attached hydrogens (tertiary/aromatic N) is 3. The highest BCUT2D eigenvalue weighted by atomic mass is 16.5. The molecule has 0 saturated carbocycles. The molecule has 0 aliphatic carbocycles. The number of amides is 2. The van der Waals surface area contributed by atoms with Crippen molar-refractivity contribution in [2.24, 2.45) is 0 Å². The van der Waals surface area contributed by atoms with E-state index in [1.165, 1.54) is 0 Å². The maximum atomic E-state index is 13.0. The molecule has 2 heterocycles. The molecule has 2 aromatic rings. The molecule has 146 valence electrons. The van der Waals surface area contributed by atoms with Crippen molar-refractivity contribution in [3.8, 4) is 11.5 Å². The summed E-state index contributed by atoms with van der Waals surface area (Å²) in [6, 6.07) is 16.5. The monoisotopic (exact) mass is 379 g/mol. The number of anilines is 1. The highest BCUT2D eigenvalue weighted by Crippen LogP contribution is 2.30. The van der Waals surface area contributed by atoms with E-state index in [-0.39, 0.29) is 11.8 Å². The molecule has 0 spiro atoms. The number of benzene rings is 2. The molecule has 0 radical (unpaired) electrons. The van der Waals surface area contributed by atoms with Gasteiger partial charge in [0.1, 0.15) is 17.5 Å². The number of hydrogen-bond donors (Lipinski definition) is 0. The Morgan fingerprint density at radius 1 is 0.929 bits per heavy atom. The van der Waals surface area contributed by atoms with E-state index in [1.807, 2.05) is 59.5 Å². The lowest BCUT2D eigenvalue weighted by Crippen LogP contribution is -2.53. The Hall–Kier alpha value is -2.86. The van der Waals surface area contributed by atoms with Crippen LogP contribution in [-0.2, 0) is 9.59 Å². The van der Waals surface area contributed by atoms with Gasteiger partial charge in [-0.3, -0.25) is 14.5 Å². The van der Waals surface area contributed by atoms with E-state index < -0.39 is 6.04 Å². The minimum atomic E-state index is -0.406. The van der Waals surface area contributed by atoms with Gasteiger partial charge in [-0.05, 0) is 49.9 Å². The number of likely N-dealkylation sites (N-methyl/N-ethyl adjacent to an activating group) is 1. The van der Waals surface area contributed by atoms with Gasteiger partial charge in [0.15, 0.2) is 0 Å². The van der Waals surface area contributed by atoms with Gasteiger partial charge in [0.05, 0.1) is 0 Å². The molecule has 2 aliphatic rings. The van der Waals surface area contributed by atoms with E-state index >= 15 is 0 Å². The van der Waals surface area contributed by atoms with Crippen molar-refractivity contribution in [2.45, 2.75) is 18.9 Å². The van der Waals surface area contributed by atoms with Gasteiger partial charge in [0.25, 0.3) is 0 Å². The summed E-state index contributed by atoms with van der Waals surface area (Å²) in [6.07, 6.45) is 0.985. The van der Waals surface area contributed by atoms with E-state index in [2.05, 4.69) is 11.9 Å². The van der Waals surface area contributed by atoms with Crippen molar-refractivity contribution in [1.82, 2.24) is 9.80 Å². The Kier molecular flexibility index (Phi) is 5.30. The fourth-order valence-corrected chi connectivity index (χ4v) is 3.78. The summed E-state index contributed by atoms with van der Waals surface area (Å²) >= 11 is 0. The molecular formula is C22H25N3O3. The highest BCUT2D eigenvalue weighted by Gasteiger charge is 2.39. The van der Waals surface area contributed by atoms with Crippen LogP contribution in [0.5, 0.6) is 11.5 Å². The van der Waals surface area contributed by atoms with E-state index in [0.29, 0.717) is 18.6 Å². The van der Waals surface area contributed by atoms with E-state index in [0.717, 1.165) is 37.6 Å². The molecular weight excluding hydrogens is 354 g/mol. The van der Waals surface area contributed by atoms with Crippen LogP contribution in [0.2, 0.25) is 0 Å². The van der Waals surface area contributed by atoms with Crippen LogP contribution in [0.25, 0.3) is 0 Å². The SMILES string of the molecule is CN1CCN(C(=O)C2CCC(=O)N2c2ccc(Oc3ccccc3)cc2)CC1. The topological polar surface area (TPSA) is 53.1 Å². The smallest absolute Gasteiger partial charge is 0.245 e. The van der Waals surface area contributed by atoms with Crippen molar-refractivity contribution in [3.05, 3.63) is 54.6 Å². The molecule has 4 rings (SSSR count). The number of ether oxygens (including phenoxy) is 1. The molecule has 0 bridgehead atoms. The standard InChI is InChI=1S/C22H25N3O3/c1-23-13-15-24(16-14-23)22(27)20-11-12-21(26)25(20)17-7-9-19(10-8-17)28-18-5-3-2-4-6-18/h2-10,20H,11-16H2,1H3. The fraction of sp³-hybridized carbons (Fsp3) is 0.364. The quantitative estimate of drug-likeness (QED) is 0.820. The summed E-state index contributed by atoms with van der Waals surface area (Å²) in [5.74, 6) is 1.52. The van der Waals surface area contributed by atoms with Crippen LogP contribution in [0.4, 0.5) is 5.69 Å². The van der Waals surface area contributed by atoms with Crippen molar-refractivity contribution < 1.29 is 14.3 Å². The zero-order valence-corrected chi connectivity index (χ0v) is 16.1. The first-order valence-electron chi connectivity index (χ1n) is 9.74. The molecule has 2 amide bonds. The number of carbonyl (C=O) groups excluding carboxylic acids is 2. The largest absolute Gasteiger partial charge is 0.457 e. The van der Waals surface area contributed by atoms with Gasteiger partial charge in [-0.1, -0.05) is 18.2 Å². The molecule has 2 saturated heterocycles. The molecule has 0 N–H and O–H groups in total. The van der Waals surface area contributed by atoms with Gasteiger partial charge in [-0.2, -0.15) is 0 Å². The lowest BCUT2D eigenvalue weighted by Gasteiger charge is -2.35. The third kappa shape index (κ3) is 3.87. The lowest BCUT2D eigenvalue weighted by molar-refractivity contribution is -0.134. The van der Waals surface area contributed by atoms with Crippen LogP contribution >= 0.6 is 0 Å². The number of carbonyl (C=O) groups is 2. The molecule has 6 nitrogen and oxygen atoms in total. The highest BCUT2D eigenvalue weighted by molar-refractivity contribution is 6.03. The first-order chi connectivity index (χ1) is 13.6. The van der Waals surface area contributed by atoms with Crippen molar-refractivity contribution in [3.63, 3.8) is 0 Å². The van der Waals surface area contributed by atoms with Crippen molar-refractivity contribution in [2.75, 3.05) is 38.1 Å². The summed E-state index contributed by atoms with van der Waals surface area (Å²) < 4.78 is 5.82. The average Bonchev–Trinajstić information content (AvgIpc) is 3.11. The second-order valence-electron chi connectivity index (χ2n) is 7.36. The summed E-state index contributed by atoms with van der Waals surface area (Å²) in [7, 11) is 2.06. The Labute approximate surface area is 165 Å². The predicted molar refractivity (Wildman–Crippen MR) is 108 cm³/mol. The maximum Gasteiger partial charge on any atom is 0.245 e. The first kappa shape index (κ1) is 18.5. The zero-order valence-electron chi connectivity index (χ0n) is 16.1. The molecule has 2 fully saturated rings. The minimum absolute atomic E-state index is 0.00389. The number of rotatable bonds is 4. The second kappa shape index (κ2) is 8.02. The first-order valence-corrected chi connectivity index (χ1v) is 9.74. The molecule has 28 heavy (non-hydrogen) atoms. The maximum absolute atomic E-state index is 13.0. The summed E-state index contributed by atoms with van der Waals surface area (Å²) in [6.45, 7) is 3.19. The second-order valence-corrected chi connectivity index (χ2v) is 7.36. The van der Waals surface area contributed by atoms with E-state index in [9.17, 15) is 9.59 Å². The third-order valence-electron chi connectivity index (χ3n) is 5.41. The van der Waals surface area contributed by atoms with Crippen LogP contribution in [0.1, 0.15) is 12.8 Å². The van der Waals surface area contributed by atoms with Gasteiger partial charge < -0.3 is 14.5 Å². The summed E-state index contributed by atoms with van der Waals surface area (Å²) in [5, 5.41) is 0. The van der Waals surface area contributed by atoms with Crippen LogP contribution in [0.3, 0.4) is 0 Å². The average molecular weight is 379 g/mol. The van der Waals surface area contributed by atoms with E-state index in [4.69, 9.17) is 4.74 Å². The van der Waals surface area contributed by atoms with Gasteiger partial charge in [-0.25, -0.2) is 0 Å². The number of hydrogen-bond acceptors (Lipinski definition) is 4. The van der Waals surface area contributed by atoms with Crippen LogP contribution in [-0.4, -0.2) is 60.9 Å². The van der Waals surface area contributed by atoms with Crippen molar-refractivity contribution >= 4 is 17.5 Å². The van der Waals surface area contributed by atoms with E-state index in [1.54, 1.807) is 4.90 Å². The Morgan fingerprint density at radius 2 is 1.57 bits per heavy atom. The Morgan fingerprint density at radius 3 is 2.25 bits per heavy atom. The lowest BCUT2D eigenvalue weighted by atomic mass is 10.1. The Bertz CT molecular complexity index is 830. The molecule has 6 heteroatoms. The van der Waals surface area contributed by atoms with Crippen LogP contribution < -0.4 is 9.64 Å². The normalized spacial score (nSPS) is 20.5. The van der Waals surface area contributed by atoms with Crippen LogP contribution in [0.15, 0.2) is 54.6 Å². The third-order valence-corrected chi connectivity index (χ3v) is 5.41. The fourth-order valence-electron chi connectivity index (χ4n) is 3.78. The summed E-state index contributed by atoms with van der Waals surface area (Å²) in [5.41, 5.74) is 0.746. The number of piperazine rings is 1. The molecule has 2 aromatic carbocycles. The van der Waals surface area contributed by atoms with Gasteiger partial charge >= 0.3 is 0 Å². The predicted octanol–water partition coefficient (Wildman–Crippen LogP) is 2.75.